The van der Waals surface area contributed by atoms with Gasteiger partial charge in [-0.05, 0) is 25.8 Å². The van der Waals surface area contributed by atoms with Crippen LogP contribution in [0.4, 0.5) is 5.13 Å². The minimum absolute atomic E-state index is 0.172. The molecule has 0 aromatic carbocycles. The standard InChI is InChI=1S/C11H20N4OS/c1-2-5-12-11-14-13-10(17-11)8-15-6-3-4-9(16)7-15/h9,16H,2-8H2,1H3,(H,12,14). The number of hydrogen-bond donors (Lipinski definition) is 2. The van der Waals surface area contributed by atoms with Crippen LogP contribution in [0.3, 0.4) is 0 Å². The van der Waals surface area contributed by atoms with Gasteiger partial charge in [-0.3, -0.25) is 4.90 Å². The van der Waals surface area contributed by atoms with E-state index in [-0.39, 0.29) is 6.10 Å². The van der Waals surface area contributed by atoms with Crippen LogP contribution in [0.5, 0.6) is 0 Å². The van der Waals surface area contributed by atoms with Crippen molar-refractivity contribution in [1.29, 1.82) is 0 Å². The molecule has 1 fully saturated rings. The summed E-state index contributed by atoms with van der Waals surface area (Å²) in [5.74, 6) is 0. The van der Waals surface area contributed by atoms with Gasteiger partial charge in [0.2, 0.25) is 5.13 Å². The molecule has 17 heavy (non-hydrogen) atoms. The van der Waals surface area contributed by atoms with Gasteiger partial charge in [0.05, 0.1) is 12.6 Å². The largest absolute Gasteiger partial charge is 0.392 e. The Hall–Kier alpha value is -0.720. The van der Waals surface area contributed by atoms with Gasteiger partial charge in [0.1, 0.15) is 5.01 Å². The van der Waals surface area contributed by atoms with Crippen LogP contribution in [0, 0.1) is 0 Å². The molecule has 0 saturated carbocycles. The molecule has 1 aliphatic rings. The molecule has 2 rings (SSSR count). The number of likely N-dealkylation sites (tertiary alicyclic amines) is 1. The fraction of sp³-hybridized carbons (Fsp3) is 0.818. The average molecular weight is 256 g/mol. The number of nitrogens with zero attached hydrogens (tertiary/aromatic N) is 3. The maximum absolute atomic E-state index is 9.59. The predicted molar refractivity (Wildman–Crippen MR) is 69.2 cm³/mol. The second-order valence-corrected chi connectivity index (χ2v) is 5.52. The molecule has 1 atom stereocenters. The molecule has 0 amide bonds. The topological polar surface area (TPSA) is 61.3 Å². The Morgan fingerprint density at radius 2 is 2.41 bits per heavy atom. The molecule has 0 radical (unpaired) electrons. The van der Waals surface area contributed by atoms with Gasteiger partial charge in [-0.2, -0.15) is 0 Å². The lowest BCUT2D eigenvalue weighted by Gasteiger charge is -2.28. The van der Waals surface area contributed by atoms with E-state index in [1.807, 2.05) is 0 Å². The number of rotatable bonds is 5. The molecule has 6 heteroatoms. The van der Waals surface area contributed by atoms with Crippen LogP contribution >= 0.6 is 11.3 Å². The van der Waals surface area contributed by atoms with Crippen LogP contribution in [0.15, 0.2) is 0 Å². The first kappa shape index (κ1) is 12.7. The lowest BCUT2D eigenvalue weighted by molar-refractivity contribution is 0.0667. The average Bonchev–Trinajstić information content (AvgIpc) is 2.74. The number of piperidine rings is 1. The van der Waals surface area contributed by atoms with E-state index < -0.39 is 0 Å². The van der Waals surface area contributed by atoms with Crippen LogP contribution < -0.4 is 5.32 Å². The third-order valence-electron chi connectivity index (χ3n) is 2.83. The predicted octanol–water partition coefficient (Wildman–Crippen LogP) is 1.32. The van der Waals surface area contributed by atoms with Crippen LogP contribution in [0.25, 0.3) is 0 Å². The maximum atomic E-state index is 9.59. The Morgan fingerprint density at radius 1 is 1.53 bits per heavy atom. The Bertz CT molecular complexity index is 344. The molecular weight excluding hydrogens is 236 g/mol. The fourth-order valence-corrected chi connectivity index (χ4v) is 2.79. The molecule has 1 unspecified atom stereocenters. The molecule has 0 spiro atoms. The minimum atomic E-state index is -0.172. The number of β-amino-alcohol motifs (C(OH)–C–C–N with tert-alkyl or cyclic N) is 1. The van der Waals surface area contributed by atoms with Gasteiger partial charge in [-0.25, -0.2) is 0 Å². The van der Waals surface area contributed by atoms with Crippen molar-refractivity contribution in [1.82, 2.24) is 15.1 Å². The first-order valence-electron chi connectivity index (χ1n) is 6.24. The number of anilines is 1. The second-order valence-electron chi connectivity index (χ2n) is 4.46. The Kier molecular flexibility index (Phi) is 4.70. The first-order chi connectivity index (χ1) is 8.28. The SMILES string of the molecule is CCCNc1nnc(CN2CCCC(O)C2)s1. The normalized spacial score (nSPS) is 21.6. The van der Waals surface area contributed by atoms with Gasteiger partial charge in [0, 0.05) is 13.1 Å². The van der Waals surface area contributed by atoms with Crippen LogP contribution in [-0.4, -0.2) is 45.9 Å². The highest BCUT2D eigenvalue weighted by Crippen LogP contribution is 2.19. The summed E-state index contributed by atoms with van der Waals surface area (Å²) in [5.41, 5.74) is 0. The number of hydrogen-bond acceptors (Lipinski definition) is 6. The molecular formula is C11H20N4OS. The summed E-state index contributed by atoms with van der Waals surface area (Å²) >= 11 is 1.61. The number of aromatic nitrogens is 2. The van der Waals surface area contributed by atoms with E-state index in [1.54, 1.807) is 11.3 Å². The van der Waals surface area contributed by atoms with Crippen molar-refractivity contribution in [3.8, 4) is 0 Å². The summed E-state index contributed by atoms with van der Waals surface area (Å²) in [6.45, 7) is 5.69. The third kappa shape index (κ3) is 3.90. The summed E-state index contributed by atoms with van der Waals surface area (Å²) in [7, 11) is 0. The van der Waals surface area contributed by atoms with E-state index in [9.17, 15) is 5.11 Å². The Morgan fingerprint density at radius 3 is 3.18 bits per heavy atom. The zero-order chi connectivity index (χ0) is 12.1. The van der Waals surface area contributed by atoms with Crippen molar-refractivity contribution in [3.05, 3.63) is 5.01 Å². The van der Waals surface area contributed by atoms with Crippen LogP contribution in [-0.2, 0) is 6.54 Å². The highest BCUT2D eigenvalue weighted by atomic mass is 32.1. The maximum Gasteiger partial charge on any atom is 0.205 e. The lowest BCUT2D eigenvalue weighted by atomic mass is 10.1. The third-order valence-corrected chi connectivity index (χ3v) is 3.70. The highest BCUT2D eigenvalue weighted by molar-refractivity contribution is 7.15. The van der Waals surface area contributed by atoms with E-state index in [0.717, 1.165) is 55.6 Å². The minimum Gasteiger partial charge on any atom is -0.392 e. The molecule has 2 heterocycles. The van der Waals surface area contributed by atoms with Crippen molar-refractivity contribution >= 4 is 16.5 Å². The molecule has 1 saturated heterocycles. The molecule has 0 aliphatic carbocycles. The summed E-state index contributed by atoms with van der Waals surface area (Å²) < 4.78 is 0. The van der Waals surface area contributed by atoms with E-state index in [0.29, 0.717) is 0 Å². The molecule has 2 N–H and O–H groups in total. The van der Waals surface area contributed by atoms with Gasteiger partial charge in [-0.1, -0.05) is 18.3 Å². The van der Waals surface area contributed by atoms with Crippen molar-refractivity contribution in [2.24, 2.45) is 0 Å². The van der Waals surface area contributed by atoms with E-state index >= 15 is 0 Å². The van der Waals surface area contributed by atoms with Gasteiger partial charge in [0.15, 0.2) is 0 Å². The molecule has 1 aliphatic heterocycles. The highest BCUT2D eigenvalue weighted by Gasteiger charge is 2.18. The van der Waals surface area contributed by atoms with E-state index in [2.05, 4.69) is 27.3 Å². The number of aliphatic hydroxyl groups is 1. The van der Waals surface area contributed by atoms with E-state index in [4.69, 9.17) is 0 Å². The molecule has 96 valence electrons. The lowest BCUT2D eigenvalue weighted by Crippen LogP contribution is -2.37. The summed E-state index contributed by atoms with van der Waals surface area (Å²) in [4.78, 5) is 2.25. The van der Waals surface area contributed by atoms with Crippen molar-refractivity contribution < 1.29 is 5.11 Å². The molecule has 1 aromatic heterocycles. The second kappa shape index (κ2) is 6.28. The van der Waals surface area contributed by atoms with Gasteiger partial charge in [0.25, 0.3) is 0 Å². The molecule has 0 bridgehead atoms. The number of nitrogens with one attached hydrogen (secondary N) is 1. The van der Waals surface area contributed by atoms with Gasteiger partial charge >= 0.3 is 0 Å². The summed E-state index contributed by atoms with van der Waals surface area (Å²) in [6.07, 6.45) is 2.92. The van der Waals surface area contributed by atoms with Crippen molar-refractivity contribution in [2.45, 2.75) is 38.8 Å². The quantitative estimate of drug-likeness (QED) is 0.832. The zero-order valence-corrected chi connectivity index (χ0v) is 11.0. The van der Waals surface area contributed by atoms with Crippen LogP contribution in [0.2, 0.25) is 0 Å². The fourth-order valence-electron chi connectivity index (χ4n) is 1.99. The Balaban J connectivity index is 1.83. The Labute approximate surface area is 106 Å². The smallest absolute Gasteiger partial charge is 0.205 e. The number of aliphatic hydroxyl groups excluding tert-OH is 1. The zero-order valence-electron chi connectivity index (χ0n) is 10.2. The monoisotopic (exact) mass is 256 g/mol. The van der Waals surface area contributed by atoms with Gasteiger partial charge < -0.3 is 10.4 Å². The van der Waals surface area contributed by atoms with E-state index in [1.165, 1.54) is 0 Å². The summed E-state index contributed by atoms with van der Waals surface area (Å²) in [5, 5.41) is 23.0. The van der Waals surface area contributed by atoms with Crippen molar-refractivity contribution in [2.75, 3.05) is 25.0 Å². The summed E-state index contributed by atoms with van der Waals surface area (Å²) in [6, 6.07) is 0. The molecule has 5 nitrogen and oxygen atoms in total. The first-order valence-corrected chi connectivity index (χ1v) is 7.06. The molecule has 1 aromatic rings. The van der Waals surface area contributed by atoms with Gasteiger partial charge in [-0.15, -0.1) is 10.2 Å². The van der Waals surface area contributed by atoms with Crippen molar-refractivity contribution in [3.63, 3.8) is 0 Å². The van der Waals surface area contributed by atoms with Crippen LogP contribution in [0.1, 0.15) is 31.2 Å².